The molecule has 0 aromatic heterocycles. The van der Waals surface area contributed by atoms with Gasteiger partial charge in [-0.15, -0.1) is 0 Å². The van der Waals surface area contributed by atoms with Crippen molar-refractivity contribution < 1.29 is 13.5 Å². The minimum absolute atomic E-state index is 0.0499. The summed E-state index contributed by atoms with van der Waals surface area (Å²) < 4.78 is 26.0. The first-order chi connectivity index (χ1) is 6.89. The first-order valence-electron chi connectivity index (χ1n) is 5.51. The van der Waals surface area contributed by atoms with Gasteiger partial charge in [0.25, 0.3) is 0 Å². The van der Waals surface area contributed by atoms with Gasteiger partial charge in [-0.2, -0.15) is 0 Å². The highest BCUT2D eigenvalue weighted by atomic mass is 32.2. The van der Waals surface area contributed by atoms with Crippen molar-refractivity contribution in [3.8, 4) is 0 Å². The van der Waals surface area contributed by atoms with Crippen LogP contribution in [0.4, 0.5) is 0 Å². The normalized spacial score (nSPS) is 13.1. The highest BCUT2D eigenvalue weighted by Crippen LogP contribution is 2.15. The highest BCUT2D eigenvalue weighted by Gasteiger charge is 2.25. The summed E-state index contributed by atoms with van der Waals surface area (Å²) in [5, 5.41) is 8.57. The maximum absolute atomic E-state index is 11.6. The third-order valence-electron chi connectivity index (χ3n) is 2.78. The molecule has 2 N–H and O–H groups in total. The van der Waals surface area contributed by atoms with Gasteiger partial charge in [-0.05, 0) is 32.6 Å². The van der Waals surface area contributed by atoms with Gasteiger partial charge in [0.05, 0.1) is 5.75 Å². The molecule has 0 bridgehead atoms. The molecule has 0 radical (unpaired) electrons. The maximum Gasteiger partial charge on any atom is 0.212 e. The molecule has 0 heterocycles. The van der Waals surface area contributed by atoms with Gasteiger partial charge < -0.3 is 5.11 Å². The Morgan fingerprint density at radius 1 is 1.20 bits per heavy atom. The lowest BCUT2D eigenvalue weighted by Gasteiger charge is -2.27. The number of sulfonamides is 1. The number of aliphatic hydroxyl groups excluding tert-OH is 1. The van der Waals surface area contributed by atoms with E-state index in [9.17, 15) is 8.42 Å². The van der Waals surface area contributed by atoms with Crippen molar-refractivity contribution in [3.05, 3.63) is 0 Å². The number of hydrogen-bond donors (Lipinski definition) is 2. The minimum Gasteiger partial charge on any atom is -0.396 e. The average molecular weight is 237 g/mol. The molecule has 92 valence electrons. The van der Waals surface area contributed by atoms with Crippen LogP contribution in [0.15, 0.2) is 0 Å². The molecule has 4 nitrogen and oxygen atoms in total. The van der Waals surface area contributed by atoms with Gasteiger partial charge in [0.2, 0.25) is 10.0 Å². The van der Waals surface area contributed by atoms with E-state index in [1.54, 1.807) is 0 Å². The van der Waals surface area contributed by atoms with Gasteiger partial charge in [0.15, 0.2) is 0 Å². The Morgan fingerprint density at radius 2 is 1.73 bits per heavy atom. The van der Waals surface area contributed by atoms with Crippen LogP contribution >= 0.6 is 0 Å². The molecule has 0 aromatic rings. The van der Waals surface area contributed by atoms with E-state index in [0.29, 0.717) is 12.8 Å². The fourth-order valence-corrected chi connectivity index (χ4v) is 2.95. The smallest absolute Gasteiger partial charge is 0.212 e. The van der Waals surface area contributed by atoms with Crippen molar-refractivity contribution in [1.82, 2.24) is 4.72 Å². The van der Waals surface area contributed by atoms with E-state index in [4.69, 9.17) is 5.11 Å². The highest BCUT2D eigenvalue weighted by molar-refractivity contribution is 7.89. The first kappa shape index (κ1) is 14.9. The van der Waals surface area contributed by atoms with Crippen molar-refractivity contribution in [3.63, 3.8) is 0 Å². The Labute approximate surface area is 93.1 Å². The molecular formula is C10H23NO3S. The van der Waals surface area contributed by atoms with Crippen LogP contribution in [-0.2, 0) is 10.0 Å². The van der Waals surface area contributed by atoms with Crippen LogP contribution in [0.3, 0.4) is 0 Å². The minimum atomic E-state index is -3.20. The molecular weight excluding hydrogens is 214 g/mol. The number of rotatable bonds is 8. The van der Waals surface area contributed by atoms with Crippen LogP contribution in [0.5, 0.6) is 0 Å². The Balaban J connectivity index is 4.24. The van der Waals surface area contributed by atoms with Crippen LogP contribution in [0.2, 0.25) is 0 Å². The Hall–Kier alpha value is -0.130. The van der Waals surface area contributed by atoms with Gasteiger partial charge in [-0.3, -0.25) is 0 Å². The molecule has 5 heteroatoms. The molecule has 0 unspecified atom stereocenters. The van der Waals surface area contributed by atoms with Crippen molar-refractivity contribution in [2.45, 2.75) is 52.0 Å². The second kappa shape index (κ2) is 6.45. The molecule has 0 saturated carbocycles. The molecule has 0 fully saturated rings. The van der Waals surface area contributed by atoms with Gasteiger partial charge in [0, 0.05) is 12.1 Å². The monoisotopic (exact) mass is 237 g/mol. The van der Waals surface area contributed by atoms with E-state index in [-0.39, 0.29) is 17.9 Å². The van der Waals surface area contributed by atoms with E-state index in [2.05, 4.69) is 4.72 Å². The van der Waals surface area contributed by atoms with Crippen LogP contribution in [0.25, 0.3) is 0 Å². The van der Waals surface area contributed by atoms with Gasteiger partial charge in [-0.25, -0.2) is 13.1 Å². The number of aliphatic hydroxyl groups is 1. The molecule has 0 atom stereocenters. The average Bonchev–Trinajstić information content (AvgIpc) is 2.17. The zero-order valence-electron chi connectivity index (χ0n) is 9.91. The lowest BCUT2D eigenvalue weighted by atomic mass is 9.98. The Morgan fingerprint density at radius 3 is 2.13 bits per heavy atom. The van der Waals surface area contributed by atoms with Crippen LogP contribution < -0.4 is 4.72 Å². The second-order valence-corrected chi connectivity index (χ2v) is 5.96. The molecule has 0 aliphatic carbocycles. The lowest BCUT2D eigenvalue weighted by Crippen LogP contribution is -2.45. The van der Waals surface area contributed by atoms with Gasteiger partial charge >= 0.3 is 0 Å². The zero-order valence-corrected chi connectivity index (χ0v) is 10.7. The van der Waals surface area contributed by atoms with Crippen LogP contribution in [0, 0.1) is 0 Å². The number of unbranched alkanes of at least 4 members (excludes halogenated alkanes) is 1. The molecule has 0 aromatic carbocycles. The molecule has 0 spiro atoms. The summed E-state index contributed by atoms with van der Waals surface area (Å²) in [7, 11) is -3.20. The number of nitrogens with one attached hydrogen (secondary N) is 1. The van der Waals surface area contributed by atoms with E-state index in [1.165, 1.54) is 0 Å². The number of hydrogen-bond acceptors (Lipinski definition) is 3. The lowest BCUT2D eigenvalue weighted by molar-refractivity contribution is 0.287. The summed E-state index contributed by atoms with van der Waals surface area (Å²) in [6, 6.07) is 0. The predicted molar refractivity (Wildman–Crippen MR) is 62.2 cm³/mol. The molecule has 0 amide bonds. The third kappa shape index (κ3) is 6.12. The Kier molecular flexibility index (Phi) is 6.40. The fourth-order valence-electron chi connectivity index (χ4n) is 1.22. The fraction of sp³-hybridized carbons (Fsp3) is 1.00. The standard InChI is InChI=1S/C10H23NO3S/c1-4-10(3,5-2)11-15(13,14)9-7-6-8-12/h11-12H,4-9H2,1-3H3. The third-order valence-corrected chi connectivity index (χ3v) is 4.41. The SMILES string of the molecule is CCC(C)(CC)NS(=O)(=O)CCCCO. The van der Waals surface area contributed by atoms with E-state index in [1.807, 2.05) is 20.8 Å². The quantitative estimate of drug-likeness (QED) is 0.625. The topological polar surface area (TPSA) is 66.4 Å². The summed E-state index contributed by atoms with van der Waals surface area (Å²) in [5.74, 6) is 0.100. The van der Waals surface area contributed by atoms with Gasteiger partial charge in [0.1, 0.15) is 0 Å². The van der Waals surface area contributed by atoms with Crippen molar-refractivity contribution >= 4 is 10.0 Å². The summed E-state index contributed by atoms with van der Waals surface area (Å²) in [6.45, 7) is 5.91. The molecule has 15 heavy (non-hydrogen) atoms. The van der Waals surface area contributed by atoms with Crippen LogP contribution in [0.1, 0.15) is 46.5 Å². The first-order valence-corrected chi connectivity index (χ1v) is 7.17. The van der Waals surface area contributed by atoms with E-state index < -0.39 is 10.0 Å². The van der Waals surface area contributed by atoms with E-state index in [0.717, 1.165) is 12.8 Å². The predicted octanol–water partition coefficient (Wildman–Crippen LogP) is 1.26. The van der Waals surface area contributed by atoms with Crippen molar-refractivity contribution in [2.24, 2.45) is 0 Å². The van der Waals surface area contributed by atoms with Crippen molar-refractivity contribution in [2.75, 3.05) is 12.4 Å². The largest absolute Gasteiger partial charge is 0.396 e. The zero-order chi connectivity index (χ0) is 11.9. The molecule has 0 aliphatic rings. The van der Waals surface area contributed by atoms with Crippen molar-refractivity contribution in [1.29, 1.82) is 0 Å². The summed E-state index contributed by atoms with van der Waals surface area (Å²) in [4.78, 5) is 0. The summed E-state index contributed by atoms with van der Waals surface area (Å²) >= 11 is 0. The Bertz CT molecular complexity index is 258. The van der Waals surface area contributed by atoms with Gasteiger partial charge in [-0.1, -0.05) is 13.8 Å². The maximum atomic E-state index is 11.6. The molecule has 0 rings (SSSR count). The summed E-state index contributed by atoms with van der Waals surface area (Å²) in [5.41, 5.74) is -0.335. The summed E-state index contributed by atoms with van der Waals surface area (Å²) in [6.07, 6.45) is 2.61. The second-order valence-electron chi connectivity index (χ2n) is 4.12. The molecule has 0 saturated heterocycles. The van der Waals surface area contributed by atoms with Crippen LogP contribution in [-0.4, -0.2) is 31.4 Å². The molecule has 0 aliphatic heterocycles. The van der Waals surface area contributed by atoms with E-state index >= 15 is 0 Å².